The van der Waals surface area contributed by atoms with E-state index in [1.54, 1.807) is 20.2 Å². The number of ether oxygens (including phenoxy) is 1. The van der Waals surface area contributed by atoms with Crippen LogP contribution in [0.4, 0.5) is 5.82 Å². The molecule has 1 aliphatic heterocycles. The monoisotopic (exact) mass is 387 g/mol. The molecule has 3 N–H and O–H groups in total. The van der Waals surface area contributed by atoms with Crippen molar-refractivity contribution in [2.45, 2.75) is 58.2 Å². The summed E-state index contributed by atoms with van der Waals surface area (Å²) in [6, 6.07) is 0. The molecule has 0 spiro atoms. The SMILES string of the molecule is CC(C)OP(O)(=S)OC(C)C1CCC(n2cnc3c(N)ncnc32)O1. The molecule has 0 aliphatic carbocycles. The van der Waals surface area contributed by atoms with Crippen LogP contribution in [0.25, 0.3) is 11.2 Å². The van der Waals surface area contributed by atoms with E-state index in [4.69, 9.17) is 31.3 Å². The third kappa shape index (κ3) is 4.16. The molecule has 9 nitrogen and oxygen atoms in total. The molecule has 0 radical (unpaired) electrons. The van der Waals surface area contributed by atoms with Crippen molar-refractivity contribution in [2.24, 2.45) is 0 Å². The summed E-state index contributed by atoms with van der Waals surface area (Å²) in [5.74, 6) is 0.335. The Morgan fingerprint density at radius 3 is 2.80 bits per heavy atom. The summed E-state index contributed by atoms with van der Waals surface area (Å²) in [6.07, 6.45) is 3.50. The van der Waals surface area contributed by atoms with Crippen molar-refractivity contribution < 1.29 is 18.7 Å². The van der Waals surface area contributed by atoms with Gasteiger partial charge >= 0.3 is 6.72 Å². The van der Waals surface area contributed by atoms with Gasteiger partial charge in [-0.05, 0) is 45.4 Å². The van der Waals surface area contributed by atoms with Gasteiger partial charge in [-0.1, -0.05) is 0 Å². The van der Waals surface area contributed by atoms with Gasteiger partial charge in [0.05, 0.1) is 24.6 Å². The Morgan fingerprint density at radius 1 is 1.32 bits per heavy atom. The van der Waals surface area contributed by atoms with Crippen LogP contribution in [0.3, 0.4) is 0 Å². The van der Waals surface area contributed by atoms with Gasteiger partial charge in [0, 0.05) is 0 Å². The highest BCUT2D eigenvalue weighted by Gasteiger charge is 2.34. The molecule has 1 fully saturated rings. The molecule has 0 amide bonds. The fraction of sp³-hybridized carbons (Fsp3) is 0.643. The van der Waals surface area contributed by atoms with Gasteiger partial charge < -0.3 is 24.4 Å². The van der Waals surface area contributed by atoms with Crippen molar-refractivity contribution in [3.05, 3.63) is 12.7 Å². The normalized spacial score (nSPS) is 24.7. The van der Waals surface area contributed by atoms with E-state index in [0.29, 0.717) is 17.0 Å². The number of hydrogen-bond acceptors (Lipinski definition) is 8. The number of nitrogen functional groups attached to an aromatic ring is 1. The molecule has 3 rings (SSSR count). The standard InChI is InChI=1S/C14H22N5O4PS/c1-8(2)22-24(20,25)23-9(3)10-4-5-11(21-10)19-7-18-12-13(15)16-6-17-14(12)19/h6-11H,4-5H2,1-3H3,(H,20,25)(H2,15,16,17). The van der Waals surface area contributed by atoms with Crippen molar-refractivity contribution in [1.29, 1.82) is 0 Å². The largest absolute Gasteiger partial charge is 0.382 e. The average molecular weight is 387 g/mol. The van der Waals surface area contributed by atoms with Crippen LogP contribution in [0.5, 0.6) is 0 Å². The maximum absolute atomic E-state index is 10.1. The van der Waals surface area contributed by atoms with Crippen LogP contribution >= 0.6 is 6.72 Å². The van der Waals surface area contributed by atoms with Gasteiger partial charge in [0.1, 0.15) is 18.1 Å². The molecule has 4 atom stereocenters. The van der Waals surface area contributed by atoms with Crippen LogP contribution in [0.1, 0.15) is 39.8 Å². The lowest BCUT2D eigenvalue weighted by atomic mass is 10.1. The first-order valence-electron chi connectivity index (χ1n) is 8.05. The third-order valence-electron chi connectivity index (χ3n) is 3.89. The molecule has 2 aromatic rings. The molecule has 0 saturated carbocycles. The van der Waals surface area contributed by atoms with E-state index in [2.05, 4.69) is 15.0 Å². The molecule has 0 aromatic carbocycles. The van der Waals surface area contributed by atoms with Gasteiger partial charge in [0.2, 0.25) is 0 Å². The molecule has 138 valence electrons. The van der Waals surface area contributed by atoms with Gasteiger partial charge in [-0.3, -0.25) is 4.57 Å². The van der Waals surface area contributed by atoms with E-state index in [9.17, 15) is 4.89 Å². The minimum atomic E-state index is -3.29. The molecule has 1 saturated heterocycles. The minimum absolute atomic E-state index is 0.206. The lowest BCUT2D eigenvalue weighted by Gasteiger charge is -2.26. The summed E-state index contributed by atoms with van der Waals surface area (Å²) in [6.45, 7) is 2.13. The van der Waals surface area contributed by atoms with E-state index in [1.807, 2.05) is 11.5 Å². The number of nitrogens with zero attached hydrogens (tertiary/aromatic N) is 4. The van der Waals surface area contributed by atoms with Gasteiger partial charge in [0.25, 0.3) is 0 Å². The highest BCUT2D eigenvalue weighted by Crippen LogP contribution is 2.48. The van der Waals surface area contributed by atoms with E-state index in [1.165, 1.54) is 6.33 Å². The van der Waals surface area contributed by atoms with Crippen LogP contribution in [-0.4, -0.2) is 42.7 Å². The summed E-state index contributed by atoms with van der Waals surface area (Å²) in [5, 5.41) is 0. The first-order chi connectivity index (χ1) is 11.8. The lowest BCUT2D eigenvalue weighted by Crippen LogP contribution is -2.26. The fourth-order valence-electron chi connectivity index (χ4n) is 2.84. The molecule has 1 aliphatic rings. The van der Waals surface area contributed by atoms with Gasteiger partial charge in [-0.2, -0.15) is 0 Å². The van der Waals surface area contributed by atoms with E-state index in [-0.39, 0.29) is 18.4 Å². The Kier molecular flexibility index (Phi) is 5.38. The molecule has 4 unspecified atom stereocenters. The summed E-state index contributed by atoms with van der Waals surface area (Å²) >= 11 is 5.04. The van der Waals surface area contributed by atoms with Gasteiger partial charge in [0.15, 0.2) is 11.5 Å². The number of nitrogens with two attached hydrogens (primary N) is 1. The fourth-order valence-corrected chi connectivity index (χ4v) is 4.91. The highest BCUT2D eigenvalue weighted by molar-refractivity contribution is 8.07. The molecular weight excluding hydrogens is 365 g/mol. The summed E-state index contributed by atoms with van der Waals surface area (Å²) < 4.78 is 18.8. The molecule has 3 heterocycles. The molecule has 25 heavy (non-hydrogen) atoms. The van der Waals surface area contributed by atoms with Crippen LogP contribution < -0.4 is 5.73 Å². The van der Waals surface area contributed by atoms with Gasteiger partial charge in [-0.25, -0.2) is 15.0 Å². The number of imidazole rings is 1. The Labute approximate surface area is 150 Å². The number of anilines is 1. The second kappa shape index (κ2) is 7.22. The lowest BCUT2D eigenvalue weighted by molar-refractivity contribution is -0.0488. The molecule has 2 aromatic heterocycles. The van der Waals surface area contributed by atoms with Crippen molar-refractivity contribution >= 4 is 35.5 Å². The van der Waals surface area contributed by atoms with Crippen LogP contribution in [0, 0.1) is 0 Å². The Balaban J connectivity index is 1.69. The molecule has 0 bridgehead atoms. The Morgan fingerprint density at radius 2 is 2.08 bits per heavy atom. The number of aromatic nitrogens is 4. The zero-order valence-corrected chi connectivity index (χ0v) is 16.0. The van der Waals surface area contributed by atoms with Gasteiger partial charge in [-0.15, -0.1) is 0 Å². The predicted molar refractivity (Wildman–Crippen MR) is 96.2 cm³/mol. The van der Waals surface area contributed by atoms with Crippen molar-refractivity contribution in [3.63, 3.8) is 0 Å². The summed E-state index contributed by atoms with van der Waals surface area (Å²) in [7, 11) is 0. The quantitative estimate of drug-likeness (QED) is 0.719. The second-order valence-corrected chi connectivity index (χ2v) is 8.97. The van der Waals surface area contributed by atoms with Crippen molar-refractivity contribution in [1.82, 2.24) is 19.5 Å². The first-order valence-corrected chi connectivity index (χ1v) is 10.6. The molecule has 11 heteroatoms. The zero-order chi connectivity index (χ0) is 18.2. The zero-order valence-electron chi connectivity index (χ0n) is 14.3. The minimum Gasteiger partial charge on any atom is -0.382 e. The number of hydrogen-bond donors (Lipinski definition) is 2. The van der Waals surface area contributed by atoms with Crippen molar-refractivity contribution in [3.8, 4) is 0 Å². The maximum Gasteiger partial charge on any atom is 0.325 e. The smallest absolute Gasteiger partial charge is 0.325 e. The number of rotatable bonds is 6. The van der Waals surface area contributed by atoms with Crippen molar-refractivity contribution in [2.75, 3.05) is 5.73 Å². The maximum atomic E-state index is 10.1. The van der Waals surface area contributed by atoms with Crippen LogP contribution in [0.2, 0.25) is 0 Å². The highest BCUT2D eigenvalue weighted by atomic mass is 32.5. The van der Waals surface area contributed by atoms with E-state index >= 15 is 0 Å². The second-order valence-electron chi connectivity index (χ2n) is 6.22. The molecular formula is C14H22N5O4PS. The summed E-state index contributed by atoms with van der Waals surface area (Å²) in [5.41, 5.74) is 6.99. The Bertz CT molecular complexity index is 801. The Hall–Kier alpha value is -1.16. The third-order valence-corrected chi connectivity index (χ3v) is 5.70. The number of fused-ring (bicyclic) bond motifs is 1. The van der Waals surface area contributed by atoms with Crippen LogP contribution in [-0.2, 0) is 25.6 Å². The van der Waals surface area contributed by atoms with E-state index in [0.717, 1.165) is 12.8 Å². The van der Waals surface area contributed by atoms with E-state index < -0.39 is 12.8 Å². The van der Waals surface area contributed by atoms with Crippen LogP contribution in [0.15, 0.2) is 12.7 Å². The average Bonchev–Trinajstić information content (AvgIpc) is 3.11. The predicted octanol–water partition coefficient (Wildman–Crippen LogP) is 2.13. The topological polar surface area (TPSA) is 118 Å². The first kappa shape index (κ1) is 18.6. The summed E-state index contributed by atoms with van der Waals surface area (Å²) in [4.78, 5) is 22.5.